The molecule has 196 valence electrons. The lowest BCUT2D eigenvalue weighted by Crippen LogP contribution is -2.27. The minimum Gasteiger partial charge on any atom is -0.354 e. The van der Waals surface area contributed by atoms with Crippen LogP contribution >= 0.6 is 23.5 Å². The van der Waals surface area contributed by atoms with E-state index in [4.69, 9.17) is 11.6 Å². The van der Waals surface area contributed by atoms with Crippen molar-refractivity contribution < 1.29 is 0 Å². The van der Waals surface area contributed by atoms with Crippen molar-refractivity contribution in [2.45, 2.75) is 70.6 Å². The van der Waals surface area contributed by atoms with Crippen LogP contribution < -0.4 is 0 Å². The van der Waals surface area contributed by atoms with E-state index >= 15 is 0 Å². The molecule has 3 aromatic rings. The van der Waals surface area contributed by atoms with Crippen LogP contribution in [0.25, 0.3) is 16.5 Å². The SMILES string of the molecule is C=C/C=C(\C=C(\C)C(C)CC)c1[nH]c2ccc(C3CCN(Sc4ccc(Cl)cc4)CC3)cc2c1C(C)C. The van der Waals surface area contributed by atoms with E-state index in [1.165, 1.54) is 56.6 Å². The van der Waals surface area contributed by atoms with E-state index in [1.54, 1.807) is 0 Å². The molecule has 1 saturated heterocycles. The Kier molecular flexibility index (Phi) is 9.45. The Morgan fingerprint density at radius 2 is 1.84 bits per heavy atom. The third-order valence-electron chi connectivity index (χ3n) is 7.77. The largest absolute Gasteiger partial charge is 0.354 e. The average Bonchev–Trinajstić information content (AvgIpc) is 3.28. The summed E-state index contributed by atoms with van der Waals surface area (Å²) in [6.07, 6.45) is 9.91. The maximum Gasteiger partial charge on any atom is 0.0499 e. The summed E-state index contributed by atoms with van der Waals surface area (Å²) >= 11 is 7.90. The lowest BCUT2D eigenvalue weighted by atomic mass is 9.88. The van der Waals surface area contributed by atoms with Crippen molar-refractivity contribution in [1.82, 2.24) is 9.29 Å². The van der Waals surface area contributed by atoms with Crippen LogP contribution in [-0.4, -0.2) is 22.4 Å². The van der Waals surface area contributed by atoms with Gasteiger partial charge < -0.3 is 4.98 Å². The molecule has 1 unspecified atom stereocenters. The quantitative estimate of drug-likeness (QED) is 0.218. The van der Waals surface area contributed by atoms with Crippen molar-refractivity contribution >= 4 is 40.0 Å². The third-order valence-corrected chi connectivity index (χ3v) is 9.13. The molecule has 0 radical (unpaired) electrons. The number of aromatic nitrogens is 1. The smallest absolute Gasteiger partial charge is 0.0499 e. The molecule has 1 aliphatic heterocycles. The number of hydrogen-bond acceptors (Lipinski definition) is 2. The van der Waals surface area contributed by atoms with Gasteiger partial charge in [-0.1, -0.05) is 75.7 Å². The zero-order valence-electron chi connectivity index (χ0n) is 23.0. The fraction of sp³-hybridized carbons (Fsp3) is 0.394. The van der Waals surface area contributed by atoms with E-state index in [-0.39, 0.29) is 0 Å². The summed E-state index contributed by atoms with van der Waals surface area (Å²) in [6, 6.07) is 15.3. The zero-order valence-corrected chi connectivity index (χ0v) is 24.6. The van der Waals surface area contributed by atoms with Crippen LogP contribution in [0.1, 0.15) is 82.5 Å². The maximum absolute atomic E-state index is 6.05. The molecule has 1 atom stereocenters. The number of piperidine rings is 1. The number of rotatable bonds is 9. The van der Waals surface area contributed by atoms with Crippen LogP contribution in [0.4, 0.5) is 0 Å². The molecule has 1 aromatic heterocycles. The second-order valence-corrected chi connectivity index (χ2v) is 12.3. The van der Waals surface area contributed by atoms with Gasteiger partial charge in [-0.15, -0.1) is 0 Å². The summed E-state index contributed by atoms with van der Waals surface area (Å²) in [5.41, 5.74) is 7.97. The molecule has 37 heavy (non-hydrogen) atoms. The molecular weight excluding hydrogens is 492 g/mol. The second kappa shape index (κ2) is 12.6. The minimum absolute atomic E-state index is 0.419. The summed E-state index contributed by atoms with van der Waals surface area (Å²) < 4.78 is 2.49. The van der Waals surface area contributed by atoms with Crippen LogP contribution in [0.15, 0.2) is 77.7 Å². The van der Waals surface area contributed by atoms with E-state index in [1.807, 2.05) is 30.2 Å². The lowest BCUT2D eigenvalue weighted by Gasteiger charge is -2.31. The van der Waals surface area contributed by atoms with Gasteiger partial charge in [-0.25, -0.2) is 4.31 Å². The molecule has 4 heteroatoms. The molecule has 2 nitrogen and oxygen atoms in total. The van der Waals surface area contributed by atoms with Gasteiger partial charge in [0.1, 0.15) is 0 Å². The second-order valence-electron chi connectivity index (χ2n) is 10.7. The molecule has 1 aliphatic rings. The highest BCUT2D eigenvalue weighted by molar-refractivity contribution is 7.97. The minimum atomic E-state index is 0.419. The topological polar surface area (TPSA) is 19.0 Å². The van der Waals surface area contributed by atoms with E-state index in [0.717, 1.165) is 24.5 Å². The predicted molar refractivity (Wildman–Crippen MR) is 165 cm³/mol. The van der Waals surface area contributed by atoms with Gasteiger partial charge in [0.05, 0.1) is 0 Å². The third kappa shape index (κ3) is 6.63. The van der Waals surface area contributed by atoms with Crippen molar-refractivity contribution in [3.8, 4) is 0 Å². The van der Waals surface area contributed by atoms with Crippen LogP contribution in [0.2, 0.25) is 5.02 Å². The summed E-state index contributed by atoms with van der Waals surface area (Å²) in [4.78, 5) is 5.04. The highest BCUT2D eigenvalue weighted by Crippen LogP contribution is 2.39. The monoisotopic (exact) mass is 532 g/mol. The number of hydrogen-bond donors (Lipinski definition) is 1. The standard InChI is InChI=1S/C33H41ClN2S/c1-7-9-27(20-24(6)23(5)8-2)33-32(22(3)4)30-21-26(10-15-31(30)35-33)25-16-18-36(19-17-25)37-29-13-11-28(34)12-14-29/h7,9-15,20-23,25,35H,1,8,16-19H2,2-6H3/b24-20-,27-9+. The molecule has 1 N–H and O–H groups in total. The summed E-state index contributed by atoms with van der Waals surface area (Å²) in [5.74, 6) is 1.58. The van der Waals surface area contributed by atoms with Crippen molar-refractivity contribution in [2.75, 3.05) is 13.1 Å². The zero-order chi connectivity index (χ0) is 26.5. The van der Waals surface area contributed by atoms with Crippen molar-refractivity contribution in [3.05, 3.63) is 94.7 Å². The molecule has 1 fully saturated rings. The van der Waals surface area contributed by atoms with Gasteiger partial charge in [-0.2, -0.15) is 0 Å². The normalized spacial score (nSPS) is 17.1. The molecular formula is C33H41ClN2S. The van der Waals surface area contributed by atoms with Crippen LogP contribution in [0, 0.1) is 5.92 Å². The van der Waals surface area contributed by atoms with E-state index in [2.05, 4.69) is 93.0 Å². The van der Waals surface area contributed by atoms with Crippen LogP contribution in [0.3, 0.4) is 0 Å². The van der Waals surface area contributed by atoms with E-state index in [0.29, 0.717) is 17.8 Å². The number of H-pyrrole nitrogens is 1. The number of nitrogens with zero attached hydrogens (tertiary/aromatic N) is 1. The van der Waals surface area contributed by atoms with E-state index in [9.17, 15) is 0 Å². The fourth-order valence-electron chi connectivity index (χ4n) is 5.28. The van der Waals surface area contributed by atoms with Gasteiger partial charge in [0.25, 0.3) is 0 Å². The molecule has 0 amide bonds. The molecule has 2 aromatic carbocycles. The van der Waals surface area contributed by atoms with Crippen LogP contribution in [0.5, 0.6) is 0 Å². The number of benzene rings is 2. The first kappa shape index (κ1) is 27.8. The first-order valence-corrected chi connectivity index (χ1v) is 14.8. The van der Waals surface area contributed by atoms with Gasteiger partial charge in [-0.3, -0.25) is 0 Å². The lowest BCUT2D eigenvalue weighted by molar-refractivity contribution is 0.346. The predicted octanol–water partition coefficient (Wildman–Crippen LogP) is 10.4. The van der Waals surface area contributed by atoms with Gasteiger partial charge >= 0.3 is 0 Å². The highest BCUT2D eigenvalue weighted by atomic mass is 35.5. The number of fused-ring (bicyclic) bond motifs is 1. The van der Waals surface area contributed by atoms with Crippen LogP contribution in [-0.2, 0) is 0 Å². The number of nitrogens with one attached hydrogen (secondary N) is 1. The summed E-state index contributed by atoms with van der Waals surface area (Å²) in [5, 5.41) is 2.16. The summed E-state index contributed by atoms with van der Waals surface area (Å²) in [6.45, 7) is 17.6. The first-order chi connectivity index (χ1) is 17.8. The Morgan fingerprint density at radius 3 is 2.46 bits per heavy atom. The molecule has 2 heterocycles. The van der Waals surface area contributed by atoms with Gasteiger partial charge in [0.2, 0.25) is 0 Å². The van der Waals surface area contributed by atoms with Crippen molar-refractivity contribution in [3.63, 3.8) is 0 Å². The molecule has 0 bridgehead atoms. The average molecular weight is 533 g/mol. The Labute approximate surface area is 233 Å². The fourth-order valence-corrected chi connectivity index (χ4v) is 6.35. The Bertz CT molecular complexity index is 1270. The van der Waals surface area contributed by atoms with Gasteiger partial charge in [0.15, 0.2) is 0 Å². The van der Waals surface area contributed by atoms with Crippen molar-refractivity contribution in [2.24, 2.45) is 5.92 Å². The van der Waals surface area contributed by atoms with Gasteiger partial charge in [0, 0.05) is 39.6 Å². The Morgan fingerprint density at radius 1 is 1.14 bits per heavy atom. The molecule has 0 saturated carbocycles. The highest BCUT2D eigenvalue weighted by Gasteiger charge is 2.23. The maximum atomic E-state index is 6.05. The van der Waals surface area contributed by atoms with Crippen molar-refractivity contribution in [1.29, 1.82) is 0 Å². The van der Waals surface area contributed by atoms with E-state index < -0.39 is 0 Å². The molecule has 0 spiro atoms. The Balaban J connectivity index is 1.58. The number of halogens is 1. The summed E-state index contributed by atoms with van der Waals surface area (Å²) in [7, 11) is 0. The molecule has 4 rings (SSSR count). The number of aromatic amines is 1. The number of allylic oxidation sites excluding steroid dienone is 5. The Hall–Kier alpha value is -2.20. The molecule has 0 aliphatic carbocycles. The van der Waals surface area contributed by atoms with Gasteiger partial charge in [-0.05, 0) is 109 Å². The first-order valence-electron chi connectivity index (χ1n) is 13.7.